The number of nitrogens with two attached hydrogens (primary N) is 1. The number of hydrogen-bond acceptors (Lipinski definition) is 5. The highest BCUT2D eigenvalue weighted by Crippen LogP contribution is 2.34. The Morgan fingerprint density at radius 2 is 1.92 bits per heavy atom. The van der Waals surface area contributed by atoms with Gasteiger partial charge >= 0.3 is 6.18 Å². The van der Waals surface area contributed by atoms with Crippen LogP contribution >= 0.6 is 11.8 Å². The molecule has 2 aromatic carbocycles. The second kappa shape index (κ2) is 10.9. The van der Waals surface area contributed by atoms with Crippen LogP contribution < -0.4 is 16.4 Å². The maximum Gasteiger partial charge on any atom is 0.416 e. The van der Waals surface area contributed by atoms with Crippen molar-refractivity contribution in [3.05, 3.63) is 82.7 Å². The number of nitrogens with zero attached hydrogens (tertiary/aromatic N) is 1. The second-order valence-electron chi connectivity index (χ2n) is 8.93. The Bertz CT molecular complexity index is 1430. The summed E-state index contributed by atoms with van der Waals surface area (Å²) in [5, 5.41) is 7.57. The minimum Gasteiger partial charge on any atom is -0.381 e. The van der Waals surface area contributed by atoms with Gasteiger partial charge in [-0.2, -0.15) is 13.2 Å². The quantitative estimate of drug-likeness (QED) is 0.191. The summed E-state index contributed by atoms with van der Waals surface area (Å²) < 4.78 is 40.2. The summed E-state index contributed by atoms with van der Waals surface area (Å²) in [5.41, 5.74) is 8.46. The molecule has 6 nitrogen and oxygen atoms in total. The van der Waals surface area contributed by atoms with Crippen molar-refractivity contribution in [1.29, 1.82) is 0 Å². The molecule has 0 unspecified atom stereocenters. The van der Waals surface area contributed by atoms with Crippen molar-refractivity contribution in [3.8, 4) is 0 Å². The van der Waals surface area contributed by atoms with Gasteiger partial charge in [0.25, 0.3) is 5.91 Å². The van der Waals surface area contributed by atoms with E-state index in [1.54, 1.807) is 23.9 Å². The van der Waals surface area contributed by atoms with E-state index < -0.39 is 17.6 Å². The maximum atomic E-state index is 13.4. The average Bonchev–Trinajstić information content (AvgIpc) is 3.33. The van der Waals surface area contributed by atoms with Gasteiger partial charge in [-0.05, 0) is 48.4 Å². The molecule has 2 aromatic heterocycles. The fourth-order valence-corrected chi connectivity index (χ4v) is 5.01. The molecule has 0 aliphatic carbocycles. The van der Waals surface area contributed by atoms with Crippen LogP contribution in [0.2, 0.25) is 0 Å². The van der Waals surface area contributed by atoms with Gasteiger partial charge in [-0.25, -0.2) is 4.98 Å². The lowest BCUT2D eigenvalue weighted by molar-refractivity contribution is -0.138. The smallest absolute Gasteiger partial charge is 0.381 e. The number of amides is 1. The van der Waals surface area contributed by atoms with Crippen molar-refractivity contribution in [3.63, 3.8) is 0 Å². The molecule has 2 heterocycles. The first-order valence-corrected chi connectivity index (χ1v) is 12.6. The summed E-state index contributed by atoms with van der Waals surface area (Å²) in [6.07, 6.45) is -0.880. The molecule has 0 saturated carbocycles. The Morgan fingerprint density at radius 3 is 2.62 bits per heavy atom. The predicted molar refractivity (Wildman–Crippen MR) is 143 cm³/mol. The average molecular weight is 528 g/mol. The fraction of sp³-hybridized carbons (Fsp3) is 0.259. The van der Waals surface area contributed by atoms with E-state index in [1.165, 1.54) is 12.1 Å². The van der Waals surface area contributed by atoms with Gasteiger partial charge in [-0.15, -0.1) is 11.8 Å². The first-order chi connectivity index (χ1) is 17.6. The van der Waals surface area contributed by atoms with Crippen LogP contribution in [-0.2, 0) is 19.3 Å². The van der Waals surface area contributed by atoms with Crippen LogP contribution in [0.15, 0.2) is 59.8 Å². The molecule has 0 radical (unpaired) electrons. The monoisotopic (exact) mass is 527 g/mol. The van der Waals surface area contributed by atoms with Crippen LogP contribution in [0.5, 0.6) is 0 Å². The van der Waals surface area contributed by atoms with E-state index in [-0.39, 0.29) is 17.7 Å². The number of aromatic amines is 1. The lowest BCUT2D eigenvalue weighted by Crippen LogP contribution is -2.17. The minimum atomic E-state index is -4.60. The second-order valence-corrected chi connectivity index (χ2v) is 10.5. The van der Waals surface area contributed by atoms with Gasteiger partial charge in [0.2, 0.25) is 0 Å². The van der Waals surface area contributed by atoms with Crippen molar-refractivity contribution < 1.29 is 18.0 Å². The normalized spacial score (nSPS) is 11.8. The van der Waals surface area contributed by atoms with E-state index in [2.05, 4.69) is 34.4 Å². The van der Waals surface area contributed by atoms with Crippen LogP contribution in [0.25, 0.3) is 11.0 Å². The van der Waals surface area contributed by atoms with E-state index >= 15 is 0 Å². The zero-order valence-corrected chi connectivity index (χ0v) is 21.5. The molecule has 194 valence electrons. The van der Waals surface area contributed by atoms with Crippen LogP contribution in [0.4, 0.5) is 24.5 Å². The number of carbonyl (C=O) groups is 1. The SMILES string of the molecule is Cc1ccc(NC(=O)c2ccc(CN)c(C(F)(F)F)c2)cc1NCc1cnc2[nH]ccc2c1SC(C)C. The van der Waals surface area contributed by atoms with Crippen LogP contribution in [-0.4, -0.2) is 21.1 Å². The third kappa shape index (κ3) is 6.08. The number of H-pyrrole nitrogens is 1. The van der Waals surface area contributed by atoms with Gasteiger partial charge in [0.1, 0.15) is 5.65 Å². The summed E-state index contributed by atoms with van der Waals surface area (Å²) in [5.74, 6) is -0.637. The topological polar surface area (TPSA) is 95.8 Å². The number of aromatic nitrogens is 2. The van der Waals surface area contributed by atoms with Crippen molar-refractivity contribution in [2.75, 3.05) is 10.6 Å². The van der Waals surface area contributed by atoms with Gasteiger partial charge in [0, 0.05) is 63.5 Å². The van der Waals surface area contributed by atoms with E-state index in [9.17, 15) is 18.0 Å². The number of thioether (sulfide) groups is 1. The van der Waals surface area contributed by atoms with Crippen molar-refractivity contribution in [1.82, 2.24) is 9.97 Å². The first-order valence-electron chi connectivity index (χ1n) is 11.7. The van der Waals surface area contributed by atoms with E-state index in [4.69, 9.17) is 5.73 Å². The highest BCUT2D eigenvalue weighted by molar-refractivity contribution is 8.00. The molecule has 4 rings (SSSR count). The third-order valence-electron chi connectivity index (χ3n) is 5.83. The van der Waals surface area contributed by atoms with Crippen molar-refractivity contribution in [2.45, 2.75) is 50.2 Å². The molecule has 5 N–H and O–H groups in total. The largest absolute Gasteiger partial charge is 0.416 e. The number of rotatable bonds is 8. The number of alkyl halides is 3. The minimum absolute atomic E-state index is 0.0619. The molecule has 4 aromatic rings. The molecule has 0 saturated heterocycles. The summed E-state index contributed by atoms with van der Waals surface area (Å²) in [7, 11) is 0. The predicted octanol–water partition coefficient (Wildman–Crippen LogP) is 6.71. The fourth-order valence-electron chi connectivity index (χ4n) is 3.97. The standard InChI is InChI=1S/C27H28F3N5OS/c1-15(2)37-24-19(14-34-25-21(24)8-9-32-25)13-33-23-11-20(7-4-16(23)3)35-26(36)17-5-6-18(12-31)22(10-17)27(28,29)30/h4-11,14-15,33H,12-13,31H2,1-3H3,(H,32,34)(H,35,36). The van der Waals surface area contributed by atoms with Gasteiger partial charge < -0.3 is 21.4 Å². The van der Waals surface area contributed by atoms with E-state index in [1.807, 2.05) is 31.5 Å². The Labute approximate surface area is 217 Å². The highest BCUT2D eigenvalue weighted by atomic mass is 32.2. The van der Waals surface area contributed by atoms with Gasteiger partial charge in [0.15, 0.2) is 0 Å². The summed E-state index contributed by atoms with van der Waals surface area (Å²) in [6.45, 7) is 6.45. The molecule has 10 heteroatoms. The third-order valence-corrected chi connectivity index (χ3v) is 7.02. The number of benzene rings is 2. The number of fused-ring (bicyclic) bond motifs is 1. The van der Waals surface area contributed by atoms with E-state index in [0.29, 0.717) is 17.5 Å². The van der Waals surface area contributed by atoms with Crippen LogP contribution in [0, 0.1) is 6.92 Å². The van der Waals surface area contributed by atoms with Gasteiger partial charge in [-0.1, -0.05) is 26.0 Å². The molecule has 0 aliphatic rings. The number of nitrogens with one attached hydrogen (secondary N) is 3. The molecule has 0 atom stereocenters. The lowest BCUT2D eigenvalue weighted by atomic mass is 10.0. The molecule has 0 bridgehead atoms. The van der Waals surface area contributed by atoms with Crippen molar-refractivity contribution in [2.24, 2.45) is 5.73 Å². The number of carbonyl (C=O) groups excluding carboxylic acids is 1. The molecule has 0 fully saturated rings. The summed E-state index contributed by atoms with van der Waals surface area (Å²) in [4.78, 5) is 21.6. The molecule has 0 spiro atoms. The maximum absolute atomic E-state index is 13.4. The summed E-state index contributed by atoms with van der Waals surface area (Å²) >= 11 is 1.77. The lowest BCUT2D eigenvalue weighted by Gasteiger charge is -2.16. The Morgan fingerprint density at radius 1 is 1.14 bits per heavy atom. The number of hydrogen-bond donors (Lipinski definition) is 4. The molecular formula is C27H28F3N5OS. The highest BCUT2D eigenvalue weighted by Gasteiger charge is 2.33. The van der Waals surface area contributed by atoms with Crippen molar-refractivity contribution >= 4 is 40.1 Å². The van der Waals surface area contributed by atoms with Crippen LogP contribution in [0.3, 0.4) is 0 Å². The number of halogens is 3. The van der Waals surface area contributed by atoms with E-state index in [0.717, 1.165) is 38.8 Å². The number of pyridine rings is 1. The molecule has 0 aliphatic heterocycles. The van der Waals surface area contributed by atoms with Gasteiger partial charge in [-0.3, -0.25) is 4.79 Å². The molecule has 37 heavy (non-hydrogen) atoms. The van der Waals surface area contributed by atoms with Gasteiger partial charge in [0.05, 0.1) is 5.56 Å². The molecule has 1 amide bonds. The van der Waals surface area contributed by atoms with Crippen LogP contribution in [0.1, 0.15) is 46.5 Å². The Hall–Kier alpha value is -3.50. The number of anilines is 2. The first kappa shape index (κ1) is 26.6. The Balaban J connectivity index is 1.54. The number of aryl methyl sites for hydroxylation is 1. The molecular weight excluding hydrogens is 499 g/mol. The zero-order valence-electron chi connectivity index (χ0n) is 20.7. The zero-order chi connectivity index (χ0) is 26.7. The summed E-state index contributed by atoms with van der Waals surface area (Å²) in [6, 6.07) is 10.8. The Kier molecular flexibility index (Phi) is 7.79.